The predicted octanol–water partition coefficient (Wildman–Crippen LogP) is 3.95. The van der Waals surface area contributed by atoms with Gasteiger partial charge in [-0.05, 0) is 30.9 Å². The highest BCUT2D eigenvalue weighted by molar-refractivity contribution is 6.21. The van der Waals surface area contributed by atoms with E-state index in [1.807, 2.05) is 47.4 Å². The van der Waals surface area contributed by atoms with Gasteiger partial charge >= 0.3 is 0 Å². The van der Waals surface area contributed by atoms with Crippen LogP contribution in [0.1, 0.15) is 30.2 Å². The van der Waals surface area contributed by atoms with E-state index in [0.29, 0.717) is 5.92 Å². The van der Waals surface area contributed by atoms with Crippen molar-refractivity contribution in [3.05, 3.63) is 48.3 Å². The molecule has 1 heterocycles. The van der Waals surface area contributed by atoms with Crippen LogP contribution in [0.4, 0.5) is 0 Å². The molecule has 1 aromatic heterocycles. The van der Waals surface area contributed by atoms with Crippen molar-refractivity contribution in [3.63, 3.8) is 0 Å². The Hall–Kier alpha value is -1.28. The highest BCUT2D eigenvalue weighted by Crippen LogP contribution is 2.41. The first-order valence-corrected chi connectivity index (χ1v) is 6.52. The lowest BCUT2D eigenvalue weighted by Crippen LogP contribution is -2.16. The monoisotopic (exact) mass is 246 g/mol. The number of para-hydroxylation sites is 1. The first-order valence-electron chi connectivity index (χ1n) is 6.08. The van der Waals surface area contributed by atoms with Crippen molar-refractivity contribution in [2.75, 3.05) is 0 Å². The van der Waals surface area contributed by atoms with Gasteiger partial charge in [0.1, 0.15) is 0 Å². The molecule has 2 aromatic rings. The van der Waals surface area contributed by atoms with E-state index in [0.717, 1.165) is 11.3 Å². The number of alkyl halides is 1. The van der Waals surface area contributed by atoms with Crippen LogP contribution < -0.4 is 0 Å². The minimum atomic E-state index is 0.126. The van der Waals surface area contributed by atoms with Crippen LogP contribution >= 0.6 is 11.6 Å². The number of benzene rings is 1. The molecule has 1 aliphatic rings. The van der Waals surface area contributed by atoms with Gasteiger partial charge in [0.2, 0.25) is 0 Å². The summed E-state index contributed by atoms with van der Waals surface area (Å²) in [6.07, 6.45) is 7.77. The fourth-order valence-electron chi connectivity index (χ4n) is 2.21. The van der Waals surface area contributed by atoms with Gasteiger partial charge in [0.05, 0.1) is 17.3 Å². The molecule has 88 valence electrons. The SMILES string of the molecule is ClC(c1cnn(-c2ccccc2)c1)C1CCC1. The van der Waals surface area contributed by atoms with Crippen LogP contribution in [0, 0.1) is 5.92 Å². The number of nitrogens with zero attached hydrogens (tertiary/aromatic N) is 2. The van der Waals surface area contributed by atoms with Gasteiger partial charge < -0.3 is 0 Å². The Labute approximate surface area is 106 Å². The van der Waals surface area contributed by atoms with Crippen LogP contribution in [0.25, 0.3) is 5.69 Å². The first-order chi connectivity index (χ1) is 8.34. The summed E-state index contributed by atoms with van der Waals surface area (Å²) in [5.74, 6) is 0.644. The average Bonchev–Trinajstić information content (AvgIpc) is 2.77. The van der Waals surface area contributed by atoms with Gasteiger partial charge in [0.15, 0.2) is 0 Å². The summed E-state index contributed by atoms with van der Waals surface area (Å²) in [6.45, 7) is 0. The van der Waals surface area contributed by atoms with E-state index in [-0.39, 0.29) is 5.38 Å². The van der Waals surface area contributed by atoms with E-state index < -0.39 is 0 Å². The number of aromatic nitrogens is 2. The molecule has 1 unspecified atom stereocenters. The van der Waals surface area contributed by atoms with Crippen LogP contribution in [-0.2, 0) is 0 Å². The molecule has 0 spiro atoms. The molecule has 1 saturated carbocycles. The highest BCUT2D eigenvalue weighted by Gasteiger charge is 2.27. The van der Waals surface area contributed by atoms with Crippen molar-refractivity contribution in [1.29, 1.82) is 0 Å². The molecule has 17 heavy (non-hydrogen) atoms. The Bertz CT molecular complexity index is 488. The van der Waals surface area contributed by atoms with Crippen molar-refractivity contribution >= 4 is 11.6 Å². The van der Waals surface area contributed by atoms with Gasteiger partial charge in [0.25, 0.3) is 0 Å². The summed E-state index contributed by atoms with van der Waals surface area (Å²) in [6, 6.07) is 10.1. The van der Waals surface area contributed by atoms with E-state index in [2.05, 4.69) is 5.10 Å². The third kappa shape index (κ3) is 2.09. The summed E-state index contributed by atoms with van der Waals surface area (Å²) < 4.78 is 1.89. The molecule has 1 atom stereocenters. The second-order valence-electron chi connectivity index (χ2n) is 4.65. The van der Waals surface area contributed by atoms with Crippen molar-refractivity contribution in [1.82, 2.24) is 9.78 Å². The van der Waals surface area contributed by atoms with E-state index in [9.17, 15) is 0 Å². The van der Waals surface area contributed by atoms with Gasteiger partial charge in [-0.2, -0.15) is 5.10 Å². The molecule has 0 radical (unpaired) electrons. The molecule has 0 bridgehead atoms. The van der Waals surface area contributed by atoms with Crippen LogP contribution in [-0.4, -0.2) is 9.78 Å². The Morgan fingerprint density at radius 1 is 1.24 bits per heavy atom. The maximum atomic E-state index is 6.46. The number of hydrogen-bond donors (Lipinski definition) is 0. The minimum Gasteiger partial charge on any atom is -0.241 e. The fraction of sp³-hybridized carbons (Fsp3) is 0.357. The number of rotatable bonds is 3. The largest absolute Gasteiger partial charge is 0.241 e. The van der Waals surface area contributed by atoms with E-state index in [4.69, 9.17) is 11.6 Å². The molecular weight excluding hydrogens is 232 g/mol. The Balaban J connectivity index is 1.82. The lowest BCUT2D eigenvalue weighted by Gasteiger charge is -2.29. The molecule has 1 fully saturated rings. The zero-order valence-electron chi connectivity index (χ0n) is 9.59. The van der Waals surface area contributed by atoms with Crippen LogP contribution in [0.2, 0.25) is 0 Å². The maximum absolute atomic E-state index is 6.46. The standard InChI is InChI=1S/C14H15ClN2/c15-14(11-5-4-6-11)12-9-16-17(10-12)13-7-2-1-3-8-13/h1-3,7-11,14H,4-6H2. The van der Waals surface area contributed by atoms with Gasteiger partial charge in [-0.1, -0.05) is 24.6 Å². The molecule has 0 amide bonds. The molecule has 0 saturated heterocycles. The topological polar surface area (TPSA) is 17.8 Å². The van der Waals surface area contributed by atoms with Gasteiger partial charge in [0, 0.05) is 11.8 Å². The van der Waals surface area contributed by atoms with E-state index in [1.54, 1.807) is 0 Å². The van der Waals surface area contributed by atoms with E-state index >= 15 is 0 Å². The minimum absolute atomic E-state index is 0.126. The smallest absolute Gasteiger partial charge is 0.0645 e. The van der Waals surface area contributed by atoms with Gasteiger partial charge in [-0.15, -0.1) is 11.6 Å². The van der Waals surface area contributed by atoms with Crippen LogP contribution in [0.3, 0.4) is 0 Å². The van der Waals surface area contributed by atoms with Crippen molar-refractivity contribution in [3.8, 4) is 5.69 Å². The number of hydrogen-bond acceptors (Lipinski definition) is 1. The molecule has 3 heteroatoms. The fourth-order valence-corrected chi connectivity index (χ4v) is 2.57. The first kappa shape index (κ1) is 10.8. The van der Waals surface area contributed by atoms with Gasteiger partial charge in [-0.3, -0.25) is 0 Å². The van der Waals surface area contributed by atoms with Crippen molar-refractivity contribution in [2.24, 2.45) is 5.92 Å². The third-order valence-electron chi connectivity index (χ3n) is 3.51. The second kappa shape index (κ2) is 4.53. The summed E-state index contributed by atoms with van der Waals surface area (Å²) in [5, 5.41) is 4.51. The highest BCUT2D eigenvalue weighted by atomic mass is 35.5. The maximum Gasteiger partial charge on any atom is 0.0645 e. The molecule has 2 nitrogen and oxygen atoms in total. The van der Waals surface area contributed by atoms with Gasteiger partial charge in [-0.25, -0.2) is 4.68 Å². The van der Waals surface area contributed by atoms with E-state index in [1.165, 1.54) is 19.3 Å². The molecule has 0 aliphatic heterocycles. The predicted molar refractivity (Wildman–Crippen MR) is 69.5 cm³/mol. The lowest BCUT2D eigenvalue weighted by atomic mass is 9.81. The molecule has 3 rings (SSSR count). The summed E-state index contributed by atoms with van der Waals surface area (Å²) >= 11 is 6.46. The number of halogens is 1. The summed E-state index contributed by atoms with van der Waals surface area (Å²) in [7, 11) is 0. The van der Waals surface area contributed by atoms with Crippen molar-refractivity contribution < 1.29 is 0 Å². The zero-order chi connectivity index (χ0) is 11.7. The average molecular weight is 247 g/mol. The molecule has 1 aliphatic carbocycles. The summed E-state index contributed by atoms with van der Waals surface area (Å²) in [5.41, 5.74) is 2.22. The third-order valence-corrected chi connectivity index (χ3v) is 4.11. The summed E-state index contributed by atoms with van der Waals surface area (Å²) in [4.78, 5) is 0. The zero-order valence-corrected chi connectivity index (χ0v) is 10.3. The quantitative estimate of drug-likeness (QED) is 0.750. The molecule has 1 aromatic carbocycles. The lowest BCUT2D eigenvalue weighted by molar-refractivity contribution is 0.305. The Kier molecular flexibility index (Phi) is 2.89. The van der Waals surface area contributed by atoms with Crippen LogP contribution in [0.5, 0.6) is 0 Å². The molecular formula is C14H15ClN2. The van der Waals surface area contributed by atoms with Crippen molar-refractivity contribution in [2.45, 2.75) is 24.6 Å². The molecule has 0 N–H and O–H groups in total. The normalized spacial score (nSPS) is 17.7. The second-order valence-corrected chi connectivity index (χ2v) is 5.12. The van der Waals surface area contributed by atoms with Crippen LogP contribution in [0.15, 0.2) is 42.7 Å². The Morgan fingerprint density at radius 3 is 2.65 bits per heavy atom. The Morgan fingerprint density at radius 2 is 2.00 bits per heavy atom.